The molecule has 1 rings (SSSR count). The Kier molecular flexibility index (Phi) is 4.99. The summed E-state index contributed by atoms with van der Waals surface area (Å²) < 4.78 is 5.14. The van der Waals surface area contributed by atoms with Crippen LogP contribution < -0.4 is 5.32 Å². The lowest BCUT2D eigenvalue weighted by Crippen LogP contribution is -2.27. The Labute approximate surface area is 112 Å². The standard InChI is InChI=1S/C13H18ClNO3/c1-13(2,3)18-12(17)15-10-4-5-11(14)9(8-10)6-7-16/h4-5,8,16H,6-7H2,1-3H3,(H,15,17). The predicted octanol–water partition coefficient (Wildman–Crippen LogP) is 3.22. The molecular formula is C13H18ClNO3. The van der Waals surface area contributed by atoms with Gasteiger partial charge in [0.25, 0.3) is 0 Å². The molecule has 0 atom stereocenters. The highest BCUT2D eigenvalue weighted by atomic mass is 35.5. The molecule has 18 heavy (non-hydrogen) atoms. The van der Waals surface area contributed by atoms with Crippen LogP contribution >= 0.6 is 11.6 Å². The van der Waals surface area contributed by atoms with E-state index >= 15 is 0 Å². The van der Waals surface area contributed by atoms with E-state index in [0.717, 1.165) is 5.56 Å². The van der Waals surface area contributed by atoms with Gasteiger partial charge < -0.3 is 9.84 Å². The fourth-order valence-corrected chi connectivity index (χ4v) is 1.60. The lowest BCUT2D eigenvalue weighted by Gasteiger charge is -2.19. The molecule has 2 N–H and O–H groups in total. The Hall–Kier alpha value is -1.26. The zero-order valence-corrected chi connectivity index (χ0v) is 11.5. The molecule has 0 saturated heterocycles. The zero-order valence-electron chi connectivity index (χ0n) is 10.8. The number of amides is 1. The number of carbonyl (C=O) groups excluding carboxylic acids is 1. The zero-order chi connectivity index (χ0) is 13.8. The second-order valence-corrected chi connectivity index (χ2v) is 5.31. The SMILES string of the molecule is CC(C)(C)OC(=O)Nc1ccc(Cl)c(CCO)c1. The normalized spacial score (nSPS) is 11.2. The number of ether oxygens (including phenoxy) is 1. The van der Waals surface area contributed by atoms with Gasteiger partial charge in [-0.15, -0.1) is 0 Å². The van der Waals surface area contributed by atoms with Gasteiger partial charge in [-0.2, -0.15) is 0 Å². The van der Waals surface area contributed by atoms with Crippen molar-refractivity contribution in [1.29, 1.82) is 0 Å². The molecule has 0 aliphatic carbocycles. The minimum Gasteiger partial charge on any atom is -0.444 e. The highest BCUT2D eigenvalue weighted by molar-refractivity contribution is 6.31. The molecule has 100 valence electrons. The van der Waals surface area contributed by atoms with E-state index in [2.05, 4.69) is 5.32 Å². The summed E-state index contributed by atoms with van der Waals surface area (Å²) in [6, 6.07) is 5.09. The second kappa shape index (κ2) is 6.07. The molecule has 0 unspecified atom stereocenters. The first kappa shape index (κ1) is 14.8. The number of carbonyl (C=O) groups is 1. The van der Waals surface area contributed by atoms with E-state index in [1.165, 1.54) is 0 Å². The maximum absolute atomic E-state index is 11.6. The first-order valence-corrected chi connectivity index (χ1v) is 6.09. The van der Waals surface area contributed by atoms with Crippen molar-refractivity contribution >= 4 is 23.4 Å². The van der Waals surface area contributed by atoms with Crippen LogP contribution in [0, 0.1) is 0 Å². The molecule has 0 radical (unpaired) electrons. The van der Waals surface area contributed by atoms with E-state index in [1.54, 1.807) is 39.0 Å². The van der Waals surface area contributed by atoms with Crippen LogP contribution in [-0.4, -0.2) is 23.4 Å². The summed E-state index contributed by atoms with van der Waals surface area (Å²) in [6.07, 6.45) is -0.0670. The number of aliphatic hydroxyl groups is 1. The predicted molar refractivity (Wildman–Crippen MR) is 72.1 cm³/mol. The number of nitrogens with one attached hydrogen (secondary N) is 1. The Morgan fingerprint density at radius 2 is 2.11 bits per heavy atom. The number of anilines is 1. The van der Waals surface area contributed by atoms with Crippen LogP contribution in [0.3, 0.4) is 0 Å². The van der Waals surface area contributed by atoms with E-state index in [1.807, 2.05) is 0 Å². The molecule has 1 aromatic rings. The molecule has 4 nitrogen and oxygen atoms in total. The van der Waals surface area contributed by atoms with Gasteiger partial charge in [-0.3, -0.25) is 5.32 Å². The van der Waals surface area contributed by atoms with Crippen LogP contribution in [-0.2, 0) is 11.2 Å². The maximum Gasteiger partial charge on any atom is 0.412 e. The maximum atomic E-state index is 11.6. The molecule has 0 heterocycles. The molecule has 0 aliphatic heterocycles. The first-order chi connectivity index (χ1) is 8.31. The third kappa shape index (κ3) is 4.94. The summed E-state index contributed by atoms with van der Waals surface area (Å²) >= 11 is 5.96. The Balaban J connectivity index is 2.73. The first-order valence-electron chi connectivity index (χ1n) is 5.71. The van der Waals surface area contributed by atoms with Crippen molar-refractivity contribution in [3.8, 4) is 0 Å². The van der Waals surface area contributed by atoms with Crippen molar-refractivity contribution in [1.82, 2.24) is 0 Å². The summed E-state index contributed by atoms with van der Waals surface area (Å²) in [7, 11) is 0. The lowest BCUT2D eigenvalue weighted by atomic mass is 10.1. The van der Waals surface area contributed by atoms with Crippen molar-refractivity contribution in [2.24, 2.45) is 0 Å². The van der Waals surface area contributed by atoms with Gasteiger partial charge in [-0.25, -0.2) is 4.79 Å². The summed E-state index contributed by atoms with van der Waals surface area (Å²) in [5.41, 5.74) is 0.842. The number of hydrogen-bond acceptors (Lipinski definition) is 3. The van der Waals surface area contributed by atoms with Crippen LogP contribution in [0.25, 0.3) is 0 Å². The fourth-order valence-electron chi connectivity index (χ4n) is 1.39. The number of rotatable bonds is 3. The summed E-state index contributed by atoms with van der Waals surface area (Å²) in [6.45, 7) is 5.40. The average molecular weight is 272 g/mol. The van der Waals surface area contributed by atoms with E-state index in [-0.39, 0.29) is 6.61 Å². The van der Waals surface area contributed by atoms with Gasteiger partial charge in [0.15, 0.2) is 0 Å². The Morgan fingerprint density at radius 1 is 1.44 bits per heavy atom. The Bertz CT molecular complexity index is 427. The van der Waals surface area contributed by atoms with Crippen molar-refractivity contribution in [3.63, 3.8) is 0 Å². The second-order valence-electron chi connectivity index (χ2n) is 4.91. The van der Waals surface area contributed by atoms with Crippen LogP contribution in [0.1, 0.15) is 26.3 Å². The molecular weight excluding hydrogens is 254 g/mol. The van der Waals surface area contributed by atoms with Crippen LogP contribution in [0.15, 0.2) is 18.2 Å². The van der Waals surface area contributed by atoms with E-state index < -0.39 is 11.7 Å². The quantitative estimate of drug-likeness (QED) is 0.887. The molecule has 0 aliphatic rings. The third-order valence-electron chi connectivity index (χ3n) is 2.07. The van der Waals surface area contributed by atoms with E-state index in [0.29, 0.717) is 17.1 Å². The molecule has 0 aromatic heterocycles. The van der Waals surface area contributed by atoms with Crippen LogP contribution in [0.2, 0.25) is 5.02 Å². The molecule has 0 spiro atoms. The molecule has 1 aromatic carbocycles. The van der Waals surface area contributed by atoms with Gasteiger partial charge in [0.1, 0.15) is 5.60 Å². The molecule has 0 fully saturated rings. The van der Waals surface area contributed by atoms with Gasteiger partial charge >= 0.3 is 6.09 Å². The summed E-state index contributed by atoms with van der Waals surface area (Å²) in [5, 5.41) is 12.1. The smallest absolute Gasteiger partial charge is 0.412 e. The minimum absolute atomic E-state index is 0.00953. The fraction of sp³-hybridized carbons (Fsp3) is 0.462. The molecule has 1 amide bonds. The molecule has 0 bridgehead atoms. The van der Waals surface area contributed by atoms with Gasteiger partial charge in [0.05, 0.1) is 0 Å². The van der Waals surface area contributed by atoms with E-state index in [9.17, 15) is 4.79 Å². The third-order valence-corrected chi connectivity index (χ3v) is 2.44. The Morgan fingerprint density at radius 3 is 2.67 bits per heavy atom. The minimum atomic E-state index is -0.537. The lowest BCUT2D eigenvalue weighted by molar-refractivity contribution is 0.0636. The van der Waals surface area contributed by atoms with Gasteiger partial charge in [-0.05, 0) is 51.0 Å². The van der Waals surface area contributed by atoms with Gasteiger partial charge in [0, 0.05) is 17.3 Å². The number of aliphatic hydroxyl groups excluding tert-OH is 1. The monoisotopic (exact) mass is 271 g/mol. The van der Waals surface area contributed by atoms with Crippen molar-refractivity contribution in [3.05, 3.63) is 28.8 Å². The van der Waals surface area contributed by atoms with Crippen LogP contribution in [0.5, 0.6) is 0 Å². The summed E-state index contributed by atoms with van der Waals surface area (Å²) in [4.78, 5) is 11.6. The molecule has 5 heteroatoms. The van der Waals surface area contributed by atoms with E-state index in [4.69, 9.17) is 21.4 Å². The highest BCUT2D eigenvalue weighted by Gasteiger charge is 2.16. The topological polar surface area (TPSA) is 58.6 Å². The van der Waals surface area contributed by atoms with Crippen LogP contribution in [0.4, 0.5) is 10.5 Å². The van der Waals surface area contributed by atoms with Gasteiger partial charge in [-0.1, -0.05) is 11.6 Å². The van der Waals surface area contributed by atoms with Crippen molar-refractivity contribution in [2.75, 3.05) is 11.9 Å². The molecule has 0 saturated carbocycles. The van der Waals surface area contributed by atoms with Gasteiger partial charge in [0.2, 0.25) is 0 Å². The average Bonchev–Trinajstić information content (AvgIpc) is 2.20. The summed E-state index contributed by atoms with van der Waals surface area (Å²) in [5.74, 6) is 0. The van der Waals surface area contributed by atoms with Crippen molar-refractivity contribution < 1.29 is 14.6 Å². The van der Waals surface area contributed by atoms with Crippen molar-refractivity contribution in [2.45, 2.75) is 32.8 Å². The largest absolute Gasteiger partial charge is 0.444 e. The highest BCUT2D eigenvalue weighted by Crippen LogP contribution is 2.21. The number of hydrogen-bond donors (Lipinski definition) is 2. The number of benzene rings is 1. The number of halogens is 1.